The van der Waals surface area contributed by atoms with Crippen molar-refractivity contribution < 1.29 is 4.42 Å². The summed E-state index contributed by atoms with van der Waals surface area (Å²) in [4.78, 5) is 4.45. The Hall–Kier alpha value is -1.32. The Kier molecular flexibility index (Phi) is 2.42. The lowest BCUT2D eigenvalue weighted by molar-refractivity contribution is 0.617. The highest BCUT2D eigenvalue weighted by molar-refractivity contribution is 7.13. The molecule has 80 valence electrons. The minimum atomic E-state index is 0.451. The number of rotatable bonds is 2. The van der Waals surface area contributed by atoms with E-state index < -0.39 is 0 Å². The maximum absolute atomic E-state index is 5.74. The number of hydrogen-bond acceptors (Lipinski definition) is 3. The predicted octanol–water partition coefficient (Wildman–Crippen LogP) is 4.30. The Bertz CT molecular complexity index is 629. The van der Waals surface area contributed by atoms with Crippen molar-refractivity contribution >= 4 is 33.9 Å². The molecule has 0 aliphatic heterocycles. The molecule has 0 spiro atoms. The van der Waals surface area contributed by atoms with E-state index in [1.165, 1.54) is 0 Å². The first-order valence-electron chi connectivity index (χ1n) is 4.85. The number of benzene rings is 1. The highest BCUT2D eigenvalue weighted by atomic mass is 35.5. The van der Waals surface area contributed by atoms with Gasteiger partial charge < -0.3 is 4.42 Å². The number of alkyl halides is 1. The minimum Gasteiger partial charge on any atom is -0.464 e. The molecule has 3 rings (SSSR count). The minimum absolute atomic E-state index is 0.451. The predicted molar refractivity (Wildman–Crippen MR) is 66.9 cm³/mol. The van der Waals surface area contributed by atoms with E-state index in [0.717, 1.165) is 27.2 Å². The molecule has 0 aliphatic carbocycles. The summed E-state index contributed by atoms with van der Waals surface area (Å²) in [5.74, 6) is 0.451. The third-order valence-corrected chi connectivity index (χ3v) is 3.60. The van der Waals surface area contributed by atoms with Crippen molar-refractivity contribution in [1.82, 2.24) is 4.98 Å². The summed E-state index contributed by atoms with van der Waals surface area (Å²) in [6, 6.07) is 7.95. The Morgan fingerprint density at radius 2 is 2.19 bits per heavy atom. The lowest BCUT2D eigenvalue weighted by Crippen LogP contribution is -1.77. The van der Waals surface area contributed by atoms with Crippen LogP contribution in [-0.2, 0) is 5.88 Å². The molecule has 4 heteroatoms. The Morgan fingerprint density at radius 1 is 1.31 bits per heavy atom. The Labute approximate surface area is 101 Å². The molecule has 0 saturated heterocycles. The molecule has 0 bridgehead atoms. The second-order valence-electron chi connectivity index (χ2n) is 3.42. The van der Waals surface area contributed by atoms with Gasteiger partial charge in [-0.1, -0.05) is 18.2 Å². The monoisotopic (exact) mass is 249 g/mol. The summed E-state index contributed by atoms with van der Waals surface area (Å²) in [5, 5.41) is 4.03. The van der Waals surface area contributed by atoms with Crippen LogP contribution in [0.5, 0.6) is 0 Å². The van der Waals surface area contributed by atoms with E-state index in [4.69, 9.17) is 16.0 Å². The molecule has 0 aliphatic rings. The summed E-state index contributed by atoms with van der Waals surface area (Å²) in [5.41, 5.74) is 2.84. The Morgan fingerprint density at radius 3 is 3.00 bits per heavy atom. The van der Waals surface area contributed by atoms with Gasteiger partial charge in [-0.15, -0.1) is 22.9 Å². The van der Waals surface area contributed by atoms with Gasteiger partial charge in [0.15, 0.2) is 0 Å². The SMILES string of the molecule is ClCc1csc(-c2coc3ccccc23)n1. The molecule has 16 heavy (non-hydrogen) atoms. The number of para-hydroxylation sites is 1. The zero-order valence-electron chi connectivity index (χ0n) is 8.31. The van der Waals surface area contributed by atoms with Gasteiger partial charge in [-0.05, 0) is 6.07 Å². The van der Waals surface area contributed by atoms with Gasteiger partial charge in [0, 0.05) is 10.8 Å². The molecule has 3 aromatic rings. The molecule has 2 aromatic heterocycles. The van der Waals surface area contributed by atoms with Gasteiger partial charge in [0.1, 0.15) is 16.9 Å². The zero-order valence-corrected chi connectivity index (χ0v) is 9.89. The smallest absolute Gasteiger partial charge is 0.134 e. The van der Waals surface area contributed by atoms with Crippen molar-refractivity contribution in [2.75, 3.05) is 0 Å². The molecule has 0 N–H and O–H groups in total. The number of fused-ring (bicyclic) bond motifs is 1. The number of thiazole rings is 1. The quantitative estimate of drug-likeness (QED) is 0.633. The van der Waals surface area contributed by atoms with Gasteiger partial charge in [-0.2, -0.15) is 0 Å². The molecular weight excluding hydrogens is 242 g/mol. The second-order valence-corrected chi connectivity index (χ2v) is 4.55. The maximum atomic E-state index is 5.74. The van der Waals surface area contributed by atoms with Crippen LogP contribution in [0.25, 0.3) is 21.5 Å². The average Bonchev–Trinajstić information content (AvgIpc) is 2.94. The van der Waals surface area contributed by atoms with Crippen molar-refractivity contribution in [2.24, 2.45) is 0 Å². The van der Waals surface area contributed by atoms with Crippen molar-refractivity contribution in [2.45, 2.75) is 5.88 Å². The standard InChI is InChI=1S/C12H8ClNOS/c13-5-8-7-16-12(14-8)10-6-15-11-4-2-1-3-9(10)11/h1-4,6-7H,5H2. The van der Waals surface area contributed by atoms with Crippen LogP contribution in [-0.4, -0.2) is 4.98 Å². The van der Waals surface area contributed by atoms with Gasteiger partial charge >= 0.3 is 0 Å². The van der Waals surface area contributed by atoms with Crippen LogP contribution in [0.2, 0.25) is 0 Å². The first kappa shape index (κ1) is 9.87. The van der Waals surface area contributed by atoms with Crippen LogP contribution < -0.4 is 0 Å². The molecule has 0 amide bonds. The Balaban J connectivity index is 2.18. The molecular formula is C12H8ClNOS. The maximum Gasteiger partial charge on any atom is 0.134 e. The van der Waals surface area contributed by atoms with E-state index >= 15 is 0 Å². The van der Waals surface area contributed by atoms with E-state index in [-0.39, 0.29) is 0 Å². The largest absolute Gasteiger partial charge is 0.464 e. The number of halogens is 1. The number of hydrogen-bond donors (Lipinski definition) is 0. The van der Waals surface area contributed by atoms with Crippen molar-refractivity contribution in [3.05, 3.63) is 41.6 Å². The molecule has 0 saturated carbocycles. The first-order valence-corrected chi connectivity index (χ1v) is 6.27. The molecule has 2 nitrogen and oxygen atoms in total. The molecule has 2 heterocycles. The van der Waals surface area contributed by atoms with Gasteiger partial charge in [0.25, 0.3) is 0 Å². The third kappa shape index (κ3) is 1.52. The molecule has 0 atom stereocenters. The molecule has 1 aromatic carbocycles. The van der Waals surface area contributed by atoms with Crippen molar-refractivity contribution in [1.29, 1.82) is 0 Å². The van der Waals surface area contributed by atoms with Crippen LogP contribution in [0.15, 0.2) is 40.3 Å². The molecule has 0 fully saturated rings. The second kappa shape index (κ2) is 3.92. The lowest BCUT2D eigenvalue weighted by atomic mass is 10.2. The summed E-state index contributed by atoms with van der Waals surface area (Å²) in [7, 11) is 0. The van der Waals surface area contributed by atoms with Gasteiger partial charge in [-0.25, -0.2) is 4.98 Å². The van der Waals surface area contributed by atoms with E-state index in [9.17, 15) is 0 Å². The summed E-state index contributed by atoms with van der Waals surface area (Å²) in [6.45, 7) is 0. The van der Waals surface area contributed by atoms with E-state index in [1.807, 2.05) is 29.6 Å². The van der Waals surface area contributed by atoms with E-state index in [0.29, 0.717) is 5.88 Å². The third-order valence-electron chi connectivity index (χ3n) is 2.40. The van der Waals surface area contributed by atoms with Gasteiger partial charge in [0.05, 0.1) is 17.1 Å². The lowest BCUT2D eigenvalue weighted by Gasteiger charge is -1.91. The number of aromatic nitrogens is 1. The summed E-state index contributed by atoms with van der Waals surface area (Å²) in [6.07, 6.45) is 1.75. The van der Waals surface area contributed by atoms with Crippen LogP contribution in [0, 0.1) is 0 Å². The fraction of sp³-hybridized carbons (Fsp3) is 0.0833. The van der Waals surface area contributed by atoms with Crippen molar-refractivity contribution in [3.63, 3.8) is 0 Å². The van der Waals surface area contributed by atoms with Gasteiger partial charge in [-0.3, -0.25) is 0 Å². The fourth-order valence-corrected chi connectivity index (χ4v) is 2.70. The highest BCUT2D eigenvalue weighted by Gasteiger charge is 2.10. The zero-order chi connectivity index (χ0) is 11.0. The highest BCUT2D eigenvalue weighted by Crippen LogP contribution is 2.32. The summed E-state index contributed by atoms with van der Waals surface area (Å²) < 4.78 is 5.48. The number of nitrogens with zero attached hydrogens (tertiary/aromatic N) is 1. The molecule has 0 radical (unpaired) electrons. The molecule has 0 unspecified atom stereocenters. The van der Waals surface area contributed by atoms with Gasteiger partial charge in [0.2, 0.25) is 0 Å². The van der Waals surface area contributed by atoms with Crippen molar-refractivity contribution in [3.8, 4) is 10.6 Å². The fourth-order valence-electron chi connectivity index (χ4n) is 1.64. The topological polar surface area (TPSA) is 26.0 Å². The van der Waals surface area contributed by atoms with Crippen LogP contribution in [0.4, 0.5) is 0 Å². The van der Waals surface area contributed by atoms with E-state index in [1.54, 1.807) is 17.6 Å². The normalized spacial score (nSPS) is 11.1. The van der Waals surface area contributed by atoms with Crippen LogP contribution in [0.1, 0.15) is 5.69 Å². The average molecular weight is 250 g/mol. The van der Waals surface area contributed by atoms with E-state index in [2.05, 4.69) is 4.98 Å². The summed E-state index contributed by atoms with van der Waals surface area (Å²) >= 11 is 7.33. The number of furan rings is 1. The first-order chi connectivity index (χ1) is 7.88. The van der Waals surface area contributed by atoms with Crippen LogP contribution in [0.3, 0.4) is 0 Å². The van der Waals surface area contributed by atoms with Crippen LogP contribution >= 0.6 is 22.9 Å².